The molecular weight excluding hydrogens is 290 g/mol. The zero-order valence-corrected chi connectivity index (χ0v) is 9.47. The molecule has 20 heavy (non-hydrogen) atoms. The molecule has 4 nitrogen and oxygen atoms in total. The number of nitrogens with two attached hydrogens (primary N) is 1. The number of alkyl halides is 6. The number of halogens is 6. The first kappa shape index (κ1) is 14.3. The van der Waals surface area contributed by atoms with Crippen molar-refractivity contribution in [2.24, 2.45) is 5.84 Å². The minimum absolute atomic E-state index is 0.505. The summed E-state index contributed by atoms with van der Waals surface area (Å²) in [7, 11) is 0. The number of rotatable bonds is 1. The van der Waals surface area contributed by atoms with Crippen molar-refractivity contribution < 1.29 is 26.3 Å². The Morgan fingerprint density at radius 2 is 1.60 bits per heavy atom. The van der Waals surface area contributed by atoms with Crippen LogP contribution in [-0.2, 0) is 12.4 Å². The number of hydrogen-bond acceptors (Lipinski definition) is 4. The van der Waals surface area contributed by atoms with Crippen molar-refractivity contribution in [1.82, 2.24) is 9.97 Å². The predicted octanol–water partition coefficient (Wildman–Crippen LogP) is 2.95. The fourth-order valence-electron chi connectivity index (χ4n) is 1.65. The van der Waals surface area contributed by atoms with Crippen LogP contribution in [0.2, 0.25) is 0 Å². The fourth-order valence-corrected chi connectivity index (χ4v) is 1.65. The molecule has 2 rings (SSSR count). The minimum Gasteiger partial charge on any atom is -0.308 e. The van der Waals surface area contributed by atoms with Crippen molar-refractivity contribution >= 4 is 16.7 Å². The number of aromatic nitrogens is 2. The minimum atomic E-state index is -4.89. The summed E-state index contributed by atoms with van der Waals surface area (Å²) in [5.74, 6) is 2.65. The van der Waals surface area contributed by atoms with E-state index in [9.17, 15) is 26.3 Å². The molecule has 0 unspecified atom stereocenters. The second kappa shape index (κ2) is 4.47. The van der Waals surface area contributed by atoms with Crippen molar-refractivity contribution in [1.29, 1.82) is 0 Å². The molecule has 0 fully saturated rings. The standard InChI is InChI=1S/C10H6F6N4/c11-9(12,13)4-2-1-3-5-6(4)7(20-17)19-8(18-5)10(14,15)16/h1-3H,17H2,(H,18,19,20). The summed E-state index contributed by atoms with van der Waals surface area (Å²) in [6.45, 7) is 0. The molecule has 0 saturated carbocycles. The first-order valence-electron chi connectivity index (χ1n) is 5.06. The van der Waals surface area contributed by atoms with Gasteiger partial charge in [-0.25, -0.2) is 15.8 Å². The molecule has 10 heteroatoms. The van der Waals surface area contributed by atoms with Crippen LogP contribution in [-0.4, -0.2) is 9.97 Å². The number of anilines is 1. The van der Waals surface area contributed by atoms with Gasteiger partial charge in [-0.15, -0.1) is 0 Å². The van der Waals surface area contributed by atoms with Gasteiger partial charge in [0.05, 0.1) is 16.5 Å². The number of hydrazine groups is 1. The lowest BCUT2D eigenvalue weighted by Gasteiger charge is -2.14. The largest absolute Gasteiger partial charge is 0.451 e. The Morgan fingerprint density at radius 3 is 2.10 bits per heavy atom. The second-order valence-corrected chi connectivity index (χ2v) is 3.74. The predicted molar refractivity (Wildman–Crippen MR) is 57.4 cm³/mol. The van der Waals surface area contributed by atoms with Crippen LogP contribution in [0.25, 0.3) is 10.9 Å². The van der Waals surface area contributed by atoms with Gasteiger partial charge in [0.2, 0.25) is 5.82 Å². The molecule has 2 aromatic rings. The van der Waals surface area contributed by atoms with Crippen molar-refractivity contribution in [3.05, 3.63) is 29.6 Å². The highest BCUT2D eigenvalue weighted by Crippen LogP contribution is 2.38. The average molecular weight is 296 g/mol. The Bertz CT molecular complexity index is 648. The number of benzene rings is 1. The smallest absolute Gasteiger partial charge is 0.308 e. The van der Waals surface area contributed by atoms with Crippen molar-refractivity contribution in [2.75, 3.05) is 5.43 Å². The molecular formula is C10H6F6N4. The SMILES string of the molecule is NNc1nc(C(F)(F)F)nc2cccc(C(F)(F)F)c12. The van der Waals surface area contributed by atoms with Crippen molar-refractivity contribution in [3.8, 4) is 0 Å². The third-order valence-electron chi connectivity index (χ3n) is 2.42. The van der Waals surface area contributed by atoms with Gasteiger partial charge in [-0.3, -0.25) is 0 Å². The van der Waals surface area contributed by atoms with Crippen LogP contribution in [0.15, 0.2) is 18.2 Å². The molecule has 0 aliphatic rings. The van der Waals surface area contributed by atoms with E-state index >= 15 is 0 Å². The van der Waals surface area contributed by atoms with Crippen LogP contribution >= 0.6 is 0 Å². The van der Waals surface area contributed by atoms with Gasteiger partial charge in [-0.05, 0) is 12.1 Å². The molecule has 0 aliphatic heterocycles. The van der Waals surface area contributed by atoms with Gasteiger partial charge in [-0.1, -0.05) is 6.07 Å². The third kappa shape index (κ3) is 2.46. The highest BCUT2D eigenvalue weighted by atomic mass is 19.4. The van der Waals surface area contributed by atoms with E-state index in [2.05, 4.69) is 9.97 Å². The maximum Gasteiger partial charge on any atom is 0.451 e. The van der Waals surface area contributed by atoms with E-state index in [1.54, 1.807) is 5.43 Å². The summed E-state index contributed by atoms with van der Waals surface area (Å²) in [4.78, 5) is 6.09. The summed E-state index contributed by atoms with van der Waals surface area (Å²) in [5.41, 5.74) is 0.0696. The van der Waals surface area contributed by atoms with E-state index in [1.807, 2.05) is 0 Å². The Hall–Kier alpha value is -2.10. The molecule has 1 heterocycles. The molecule has 0 bridgehead atoms. The molecule has 0 atom stereocenters. The Kier molecular flexibility index (Phi) is 3.20. The number of fused-ring (bicyclic) bond motifs is 1. The van der Waals surface area contributed by atoms with E-state index < -0.39 is 40.5 Å². The van der Waals surface area contributed by atoms with Crippen LogP contribution in [0.5, 0.6) is 0 Å². The van der Waals surface area contributed by atoms with Gasteiger partial charge < -0.3 is 5.43 Å². The summed E-state index contributed by atoms with van der Waals surface area (Å²) < 4.78 is 76.1. The second-order valence-electron chi connectivity index (χ2n) is 3.74. The number of nitrogen functional groups attached to an aromatic ring is 1. The van der Waals surface area contributed by atoms with Gasteiger partial charge in [0.15, 0.2) is 5.82 Å². The normalized spacial score (nSPS) is 12.8. The molecule has 0 saturated heterocycles. The van der Waals surface area contributed by atoms with Gasteiger partial charge in [0, 0.05) is 0 Å². The van der Waals surface area contributed by atoms with E-state index in [4.69, 9.17) is 5.84 Å². The first-order chi connectivity index (χ1) is 9.14. The van der Waals surface area contributed by atoms with Crippen molar-refractivity contribution in [2.45, 2.75) is 12.4 Å². The lowest BCUT2D eigenvalue weighted by Crippen LogP contribution is -2.18. The lowest BCUT2D eigenvalue weighted by molar-refractivity contribution is -0.144. The average Bonchev–Trinajstić information content (AvgIpc) is 2.34. The van der Waals surface area contributed by atoms with E-state index in [0.717, 1.165) is 12.1 Å². The fraction of sp³-hybridized carbons (Fsp3) is 0.200. The number of nitrogens with zero attached hydrogens (tertiary/aromatic N) is 2. The summed E-state index contributed by atoms with van der Waals surface area (Å²) in [5, 5.41) is -0.615. The molecule has 1 aromatic heterocycles. The Balaban J connectivity index is 2.84. The summed E-state index contributed by atoms with van der Waals surface area (Å²) in [6.07, 6.45) is -9.66. The molecule has 0 amide bonds. The summed E-state index contributed by atoms with van der Waals surface area (Å²) in [6, 6.07) is 2.68. The van der Waals surface area contributed by atoms with Gasteiger partial charge in [-0.2, -0.15) is 26.3 Å². The van der Waals surface area contributed by atoms with E-state index in [1.165, 1.54) is 0 Å². The summed E-state index contributed by atoms with van der Waals surface area (Å²) >= 11 is 0. The number of nitrogens with one attached hydrogen (secondary N) is 1. The van der Waals surface area contributed by atoms with Gasteiger partial charge >= 0.3 is 12.4 Å². The van der Waals surface area contributed by atoms with Crippen LogP contribution < -0.4 is 11.3 Å². The van der Waals surface area contributed by atoms with Crippen LogP contribution in [0, 0.1) is 0 Å². The lowest BCUT2D eigenvalue weighted by atomic mass is 10.1. The highest BCUT2D eigenvalue weighted by Gasteiger charge is 2.38. The van der Waals surface area contributed by atoms with E-state index in [-0.39, 0.29) is 0 Å². The topological polar surface area (TPSA) is 63.8 Å². The highest BCUT2D eigenvalue weighted by molar-refractivity contribution is 5.92. The van der Waals surface area contributed by atoms with Gasteiger partial charge in [0.25, 0.3) is 0 Å². The monoisotopic (exact) mass is 296 g/mol. The van der Waals surface area contributed by atoms with Crippen LogP contribution in [0.4, 0.5) is 32.2 Å². The zero-order valence-electron chi connectivity index (χ0n) is 9.47. The molecule has 3 N–H and O–H groups in total. The maximum absolute atomic E-state index is 12.8. The Labute approximate surface area is 107 Å². The van der Waals surface area contributed by atoms with Crippen molar-refractivity contribution in [3.63, 3.8) is 0 Å². The number of hydrogen-bond donors (Lipinski definition) is 2. The molecule has 0 radical (unpaired) electrons. The molecule has 0 aliphatic carbocycles. The quantitative estimate of drug-likeness (QED) is 0.482. The maximum atomic E-state index is 12.8. The molecule has 1 aromatic carbocycles. The zero-order chi connectivity index (χ0) is 15.1. The Morgan fingerprint density at radius 1 is 0.950 bits per heavy atom. The van der Waals surface area contributed by atoms with Crippen LogP contribution in [0.3, 0.4) is 0 Å². The third-order valence-corrected chi connectivity index (χ3v) is 2.42. The van der Waals surface area contributed by atoms with E-state index in [0.29, 0.717) is 6.07 Å². The first-order valence-corrected chi connectivity index (χ1v) is 5.06. The molecule has 0 spiro atoms. The van der Waals surface area contributed by atoms with Gasteiger partial charge in [0.1, 0.15) is 0 Å². The van der Waals surface area contributed by atoms with Crippen LogP contribution in [0.1, 0.15) is 11.4 Å². The molecule has 108 valence electrons.